The number of hydrogen-bond donors (Lipinski definition) is 0. The Balaban J connectivity index is 4.20. The van der Waals surface area contributed by atoms with Crippen molar-refractivity contribution in [2.45, 2.75) is 13.8 Å². The maximum atomic E-state index is 3.81. The quantitative estimate of drug-likeness (QED) is 0.558. The standard InChI is InChI=1S/C10H17N/c1-6-9(3)8-10(4)11(5)7-2/h6,8H,1,3,7H2,2,4-5H3/b10-8+. The lowest BCUT2D eigenvalue weighted by atomic mass is 10.2. The van der Waals surface area contributed by atoms with Crippen LogP contribution in [-0.2, 0) is 0 Å². The van der Waals surface area contributed by atoms with Gasteiger partial charge >= 0.3 is 0 Å². The Labute approximate surface area is 69.7 Å². The molecule has 1 heteroatoms. The summed E-state index contributed by atoms with van der Waals surface area (Å²) in [6.07, 6.45) is 3.78. The Morgan fingerprint density at radius 3 is 2.45 bits per heavy atom. The Bertz CT molecular complexity index is 177. The van der Waals surface area contributed by atoms with E-state index in [0.717, 1.165) is 12.1 Å². The van der Waals surface area contributed by atoms with Crippen molar-refractivity contribution in [3.05, 3.63) is 36.6 Å². The smallest absolute Gasteiger partial charge is 0.0143 e. The lowest BCUT2D eigenvalue weighted by Crippen LogP contribution is -2.14. The van der Waals surface area contributed by atoms with Gasteiger partial charge in [-0.1, -0.05) is 19.2 Å². The molecule has 0 saturated heterocycles. The monoisotopic (exact) mass is 151 g/mol. The van der Waals surface area contributed by atoms with Gasteiger partial charge in [0.05, 0.1) is 0 Å². The predicted molar refractivity (Wildman–Crippen MR) is 51.4 cm³/mol. The molecule has 0 radical (unpaired) electrons. The van der Waals surface area contributed by atoms with Gasteiger partial charge in [-0.2, -0.15) is 0 Å². The molecule has 0 aromatic heterocycles. The average Bonchev–Trinajstić information content (AvgIpc) is 2.02. The van der Waals surface area contributed by atoms with E-state index >= 15 is 0 Å². The van der Waals surface area contributed by atoms with E-state index in [0.29, 0.717) is 0 Å². The van der Waals surface area contributed by atoms with Crippen molar-refractivity contribution in [1.82, 2.24) is 4.90 Å². The third-order valence-corrected chi connectivity index (χ3v) is 1.73. The first-order valence-corrected chi connectivity index (χ1v) is 3.82. The molecule has 62 valence electrons. The lowest BCUT2D eigenvalue weighted by Gasteiger charge is -2.16. The molecule has 0 saturated carbocycles. The molecule has 0 fully saturated rings. The zero-order chi connectivity index (χ0) is 8.85. The van der Waals surface area contributed by atoms with Gasteiger partial charge in [-0.05, 0) is 25.5 Å². The van der Waals surface area contributed by atoms with Gasteiger partial charge in [0.15, 0.2) is 0 Å². The van der Waals surface area contributed by atoms with Crippen molar-refractivity contribution in [1.29, 1.82) is 0 Å². The molecule has 0 spiro atoms. The van der Waals surface area contributed by atoms with Gasteiger partial charge in [-0.25, -0.2) is 0 Å². The van der Waals surface area contributed by atoms with E-state index < -0.39 is 0 Å². The topological polar surface area (TPSA) is 3.24 Å². The Morgan fingerprint density at radius 2 is 2.09 bits per heavy atom. The minimum atomic E-state index is 0.961. The first kappa shape index (κ1) is 10.0. The SMILES string of the molecule is C=CC(=C)/C=C(\C)N(C)CC. The molecule has 0 N–H and O–H groups in total. The Morgan fingerprint density at radius 1 is 1.55 bits per heavy atom. The van der Waals surface area contributed by atoms with Crippen LogP contribution in [0.5, 0.6) is 0 Å². The highest BCUT2D eigenvalue weighted by molar-refractivity contribution is 5.27. The Hall–Kier alpha value is -0.980. The second kappa shape index (κ2) is 4.78. The first-order chi connectivity index (χ1) is 5.11. The average molecular weight is 151 g/mol. The number of rotatable bonds is 4. The molecule has 11 heavy (non-hydrogen) atoms. The molecule has 0 aromatic rings. The molecule has 0 heterocycles. The van der Waals surface area contributed by atoms with Crippen LogP contribution in [0.4, 0.5) is 0 Å². The zero-order valence-corrected chi connectivity index (χ0v) is 7.72. The summed E-state index contributed by atoms with van der Waals surface area (Å²) in [5, 5.41) is 0. The third-order valence-electron chi connectivity index (χ3n) is 1.73. The summed E-state index contributed by atoms with van der Waals surface area (Å²) in [5.74, 6) is 0. The lowest BCUT2D eigenvalue weighted by molar-refractivity contribution is 0.443. The van der Waals surface area contributed by atoms with Crippen LogP contribution in [0.1, 0.15) is 13.8 Å². The second-order valence-electron chi connectivity index (χ2n) is 2.58. The number of nitrogens with zero attached hydrogens (tertiary/aromatic N) is 1. The van der Waals surface area contributed by atoms with Gasteiger partial charge in [-0.3, -0.25) is 0 Å². The van der Waals surface area contributed by atoms with Crippen LogP contribution < -0.4 is 0 Å². The van der Waals surface area contributed by atoms with E-state index in [1.807, 2.05) is 6.08 Å². The molecule has 0 bridgehead atoms. The largest absolute Gasteiger partial charge is 0.378 e. The minimum Gasteiger partial charge on any atom is -0.378 e. The van der Waals surface area contributed by atoms with Crippen molar-refractivity contribution < 1.29 is 0 Å². The van der Waals surface area contributed by atoms with Crippen molar-refractivity contribution in [2.24, 2.45) is 0 Å². The van der Waals surface area contributed by atoms with Crippen LogP contribution in [0.15, 0.2) is 36.6 Å². The van der Waals surface area contributed by atoms with E-state index in [9.17, 15) is 0 Å². The van der Waals surface area contributed by atoms with Crippen molar-refractivity contribution >= 4 is 0 Å². The summed E-state index contributed by atoms with van der Waals surface area (Å²) < 4.78 is 0. The molecule has 0 aliphatic heterocycles. The summed E-state index contributed by atoms with van der Waals surface area (Å²) in [7, 11) is 2.06. The zero-order valence-electron chi connectivity index (χ0n) is 7.72. The first-order valence-electron chi connectivity index (χ1n) is 3.82. The summed E-state index contributed by atoms with van der Waals surface area (Å²) in [5.41, 5.74) is 2.18. The maximum Gasteiger partial charge on any atom is 0.0143 e. The van der Waals surface area contributed by atoms with E-state index in [-0.39, 0.29) is 0 Å². The fourth-order valence-corrected chi connectivity index (χ4v) is 0.687. The van der Waals surface area contributed by atoms with Crippen molar-refractivity contribution in [3.63, 3.8) is 0 Å². The minimum absolute atomic E-state index is 0.961. The van der Waals surface area contributed by atoms with Gasteiger partial charge < -0.3 is 4.90 Å². The normalized spacial score (nSPS) is 11.0. The van der Waals surface area contributed by atoms with Crippen LogP contribution in [0.2, 0.25) is 0 Å². The van der Waals surface area contributed by atoms with Crippen LogP contribution in [0.3, 0.4) is 0 Å². The van der Waals surface area contributed by atoms with Crippen LogP contribution >= 0.6 is 0 Å². The van der Waals surface area contributed by atoms with E-state index in [2.05, 4.69) is 39.0 Å². The highest BCUT2D eigenvalue weighted by Gasteiger charge is 1.93. The molecular formula is C10H17N. The fraction of sp³-hybridized carbons (Fsp3) is 0.400. The predicted octanol–water partition coefficient (Wildman–Crippen LogP) is 2.58. The molecule has 0 amide bonds. The van der Waals surface area contributed by atoms with Gasteiger partial charge in [0.2, 0.25) is 0 Å². The van der Waals surface area contributed by atoms with Gasteiger partial charge in [0.1, 0.15) is 0 Å². The molecule has 0 atom stereocenters. The van der Waals surface area contributed by atoms with Crippen LogP contribution in [-0.4, -0.2) is 18.5 Å². The Kier molecular flexibility index (Phi) is 4.35. The van der Waals surface area contributed by atoms with E-state index in [4.69, 9.17) is 0 Å². The summed E-state index contributed by atoms with van der Waals surface area (Å²) in [6, 6.07) is 0. The molecule has 0 rings (SSSR count). The maximum absolute atomic E-state index is 3.81. The van der Waals surface area contributed by atoms with Gasteiger partial charge in [0, 0.05) is 19.3 Å². The molecule has 0 aliphatic rings. The van der Waals surface area contributed by atoms with E-state index in [1.54, 1.807) is 6.08 Å². The van der Waals surface area contributed by atoms with Gasteiger partial charge in [-0.15, -0.1) is 0 Å². The third kappa shape index (κ3) is 3.66. The second-order valence-corrected chi connectivity index (χ2v) is 2.58. The molecule has 0 aromatic carbocycles. The molecule has 1 nitrogen and oxygen atoms in total. The highest BCUT2D eigenvalue weighted by atomic mass is 15.1. The van der Waals surface area contributed by atoms with Crippen molar-refractivity contribution in [2.75, 3.05) is 13.6 Å². The fourth-order valence-electron chi connectivity index (χ4n) is 0.687. The van der Waals surface area contributed by atoms with Crippen molar-refractivity contribution in [3.8, 4) is 0 Å². The van der Waals surface area contributed by atoms with Crippen LogP contribution in [0, 0.1) is 0 Å². The van der Waals surface area contributed by atoms with Crippen LogP contribution in [0.25, 0.3) is 0 Å². The van der Waals surface area contributed by atoms with E-state index in [1.165, 1.54) is 5.70 Å². The summed E-state index contributed by atoms with van der Waals surface area (Å²) in [6.45, 7) is 12.7. The summed E-state index contributed by atoms with van der Waals surface area (Å²) >= 11 is 0. The number of allylic oxidation sites excluding steroid dienone is 4. The number of hydrogen-bond acceptors (Lipinski definition) is 1. The molecule has 0 unspecified atom stereocenters. The van der Waals surface area contributed by atoms with Gasteiger partial charge in [0.25, 0.3) is 0 Å². The molecule has 0 aliphatic carbocycles. The molecular weight excluding hydrogens is 134 g/mol. The highest BCUT2D eigenvalue weighted by Crippen LogP contribution is 2.04. The summed E-state index contributed by atoms with van der Waals surface area (Å²) in [4.78, 5) is 2.16.